The molecule has 4 fully saturated rings. The summed E-state index contributed by atoms with van der Waals surface area (Å²) < 4.78 is 21.0. The van der Waals surface area contributed by atoms with E-state index in [0.29, 0.717) is 74.2 Å². The van der Waals surface area contributed by atoms with Crippen LogP contribution in [0.5, 0.6) is 0 Å². The van der Waals surface area contributed by atoms with E-state index in [1.165, 1.54) is 50.7 Å². The molecule has 0 spiro atoms. The van der Waals surface area contributed by atoms with Gasteiger partial charge in [-0.2, -0.15) is 0 Å². The van der Waals surface area contributed by atoms with E-state index in [4.69, 9.17) is 24.4 Å². The fourth-order valence-electron chi connectivity index (χ4n) is 11.4. The number of nitro groups is 1. The van der Waals surface area contributed by atoms with Gasteiger partial charge in [0.05, 0.1) is 37.0 Å². The molecule has 0 radical (unpaired) electrons. The van der Waals surface area contributed by atoms with Gasteiger partial charge in [0, 0.05) is 30.0 Å². The van der Waals surface area contributed by atoms with Crippen LogP contribution in [-0.2, 0) is 23.8 Å². The van der Waals surface area contributed by atoms with E-state index in [0.717, 1.165) is 37.5 Å². The molecule has 1 heterocycles. The Labute approximate surface area is 322 Å². The third kappa shape index (κ3) is 8.86. The molecule has 16 heteroatoms. The molecule has 1 aromatic heterocycles. The number of aromatic nitrogens is 2. The Kier molecular flexibility index (Phi) is 13.2. The fourth-order valence-corrected chi connectivity index (χ4v) is 11.4. The number of benzene rings is 1. The van der Waals surface area contributed by atoms with Gasteiger partial charge in [-0.25, -0.2) is 4.63 Å². The molecule has 4 aliphatic carbocycles. The number of azide groups is 1. The first-order valence-corrected chi connectivity index (χ1v) is 20.2. The molecule has 302 valence electrons. The molecule has 1 amide bonds. The van der Waals surface area contributed by atoms with E-state index >= 15 is 0 Å². The van der Waals surface area contributed by atoms with Gasteiger partial charge in [-0.05, 0) is 139 Å². The minimum Gasteiger partial charge on any atom is -0.463 e. The van der Waals surface area contributed by atoms with Crippen LogP contribution in [0.25, 0.3) is 21.5 Å². The number of anilines is 1. The van der Waals surface area contributed by atoms with Gasteiger partial charge in [0.2, 0.25) is 11.4 Å². The van der Waals surface area contributed by atoms with Crippen LogP contribution >= 0.6 is 0 Å². The number of fused-ring (bicyclic) bond motifs is 6. The molecule has 16 nitrogen and oxygen atoms in total. The van der Waals surface area contributed by atoms with Crippen molar-refractivity contribution in [1.29, 1.82) is 0 Å². The molecule has 0 aliphatic heterocycles. The van der Waals surface area contributed by atoms with Gasteiger partial charge in [-0.3, -0.25) is 19.7 Å². The maximum atomic E-state index is 13.4. The zero-order chi connectivity index (χ0) is 39.2. The molecule has 6 unspecified atom stereocenters. The van der Waals surface area contributed by atoms with Crippen molar-refractivity contribution in [1.82, 2.24) is 15.6 Å². The Hall–Kier alpha value is -4.01. The van der Waals surface area contributed by atoms with Crippen LogP contribution in [0.2, 0.25) is 0 Å². The zero-order valence-electron chi connectivity index (χ0n) is 32.7. The maximum absolute atomic E-state index is 13.4. The molecule has 0 saturated heterocycles. The summed E-state index contributed by atoms with van der Waals surface area (Å²) in [6.07, 6.45) is 11.8. The predicted molar refractivity (Wildman–Crippen MR) is 204 cm³/mol. The summed E-state index contributed by atoms with van der Waals surface area (Å²) in [7, 11) is 0. The number of hydrogen-bond donors (Lipinski definition) is 2. The Morgan fingerprint density at radius 2 is 1.73 bits per heavy atom. The van der Waals surface area contributed by atoms with Crippen LogP contribution in [0.4, 0.5) is 11.4 Å². The summed E-state index contributed by atoms with van der Waals surface area (Å²) in [6.45, 7) is 11.2. The predicted octanol–water partition coefficient (Wildman–Crippen LogP) is 7.38. The highest BCUT2D eigenvalue weighted by molar-refractivity contribution is 5.95. The van der Waals surface area contributed by atoms with Crippen molar-refractivity contribution in [3.63, 3.8) is 0 Å². The third-order valence-corrected chi connectivity index (χ3v) is 14.2. The summed E-state index contributed by atoms with van der Waals surface area (Å²) in [6, 6.07) is 2.42. The lowest BCUT2D eigenvalue weighted by molar-refractivity contribution is -0.383. The monoisotopic (exact) mass is 766 g/mol. The molecule has 0 bridgehead atoms. The smallest absolute Gasteiger partial charge is 0.305 e. The first-order chi connectivity index (χ1) is 26.5. The SMILES string of the molecule is CC(Nc1ccc([N+](=O)[O-])c2nonc12)C(=O)N[C@@H]1CC[C@]2(C)C3CC[C@]4(C)C(C(C)CCC(=O)OCCOCCOCCN=[N+]=[N-])CCC4C3CC[C@@H]2C1. The second-order valence-corrected chi connectivity index (χ2v) is 17.0. The molecule has 10 atom stereocenters. The molecule has 2 aromatic rings. The Morgan fingerprint density at radius 1 is 1.00 bits per heavy atom. The molecule has 4 aliphatic rings. The van der Waals surface area contributed by atoms with E-state index in [1.807, 2.05) is 0 Å². The average molecular weight is 767 g/mol. The van der Waals surface area contributed by atoms with Crippen LogP contribution in [0.3, 0.4) is 0 Å². The Balaban J connectivity index is 0.943. The number of rotatable bonds is 18. The van der Waals surface area contributed by atoms with Gasteiger partial charge >= 0.3 is 11.7 Å². The standard InChI is InChI=1S/C39H58N8O8/c1-24(5-12-34(48)54-22-21-53-20-19-52-18-17-41-46-40)29-8-9-30-28-7-6-26-23-27(13-15-38(26,3)31(28)14-16-39(29,30)4)43-37(49)25(2)42-32-10-11-33(47(50)51)36-35(32)44-55-45-36/h10-11,24-31,42H,5-9,12-23H2,1-4H3,(H,43,49)/t24?,25?,26-,27-,28?,29?,30?,31?,38+,39-/m1/s1. The lowest BCUT2D eigenvalue weighted by Gasteiger charge is -2.61. The van der Waals surface area contributed by atoms with Gasteiger partial charge in [0.25, 0.3) is 0 Å². The van der Waals surface area contributed by atoms with Crippen LogP contribution in [0, 0.1) is 56.5 Å². The number of esters is 1. The van der Waals surface area contributed by atoms with Gasteiger partial charge in [0.1, 0.15) is 12.6 Å². The normalized spacial score (nSPS) is 30.9. The molecule has 55 heavy (non-hydrogen) atoms. The number of ether oxygens (including phenoxy) is 3. The van der Waals surface area contributed by atoms with Crippen molar-refractivity contribution in [2.45, 2.75) is 110 Å². The lowest BCUT2D eigenvalue weighted by atomic mass is 9.44. The van der Waals surface area contributed by atoms with Crippen molar-refractivity contribution in [2.24, 2.45) is 51.5 Å². The lowest BCUT2D eigenvalue weighted by Crippen LogP contribution is -2.56. The van der Waals surface area contributed by atoms with Crippen LogP contribution in [-0.4, -0.2) is 78.8 Å². The summed E-state index contributed by atoms with van der Waals surface area (Å²) in [5, 5.41) is 28.8. The van der Waals surface area contributed by atoms with Crippen molar-refractivity contribution in [3.05, 3.63) is 32.7 Å². The van der Waals surface area contributed by atoms with Crippen molar-refractivity contribution >= 4 is 34.3 Å². The number of hydrogen-bond acceptors (Lipinski definition) is 12. The molecule has 1 aromatic carbocycles. The summed E-state index contributed by atoms with van der Waals surface area (Å²) in [5.41, 5.74) is 9.39. The number of carbonyl (C=O) groups excluding carboxylic acids is 2. The van der Waals surface area contributed by atoms with Gasteiger partial charge in [0.15, 0.2) is 5.52 Å². The van der Waals surface area contributed by atoms with Crippen molar-refractivity contribution in [3.8, 4) is 0 Å². The highest BCUT2D eigenvalue weighted by atomic mass is 16.6. The Bertz CT molecular complexity index is 1720. The van der Waals surface area contributed by atoms with E-state index in [9.17, 15) is 19.7 Å². The number of nitrogens with one attached hydrogen (secondary N) is 2. The number of nitro benzene ring substituents is 1. The number of carbonyl (C=O) groups is 2. The summed E-state index contributed by atoms with van der Waals surface area (Å²) >= 11 is 0. The first-order valence-electron chi connectivity index (χ1n) is 20.2. The molecule has 4 saturated carbocycles. The molecule has 2 N–H and O–H groups in total. The second-order valence-electron chi connectivity index (χ2n) is 17.0. The maximum Gasteiger partial charge on any atom is 0.305 e. The topological polar surface area (TPSA) is 217 Å². The fraction of sp³-hybridized carbons (Fsp3) is 0.795. The average Bonchev–Trinajstić information content (AvgIpc) is 3.80. The van der Waals surface area contributed by atoms with Crippen LogP contribution in [0.15, 0.2) is 21.9 Å². The van der Waals surface area contributed by atoms with Gasteiger partial charge in [-0.15, -0.1) is 0 Å². The molecular weight excluding hydrogens is 708 g/mol. The van der Waals surface area contributed by atoms with Crippen molar-refractivity contribution in [2.75, 3.05) is 44.9 Å². The molecular formula is C39H58N8O8. The van der Waals surface area contributed by atoms with Gasteiger partial charge < -0.3 is 24.8 Å². The van der Waals surface area contributed by atoms with Crippen molar-refractivity contribution < 1.29 is 33.4 Å². The number of non-ortho nitro benzene ring substituents is 1. The molecule has 6 rings (SSSR count). The largest absolute Gasteiger partial charge is 0.463 e. The zero-order valence-corrected chi connectivity index (χ0v) is 32.7. The minimum atomic E-state index is -0.579. The third-order valence-electron chi connectivity index (χ3n) is 14.2. The highest BCUT2D eigenvalue weighted by Crippen LogP contribution is 2.68. The van der Waals surface area contributed by atoms with Gasteiger partial charge in [-0.1, -0.05) is 25.9 Å². The quantitative estimate of drug-likeness (QED) is 0.0290. The van der Waals surface area contributed by atoms with Crippen LogP contribution < -0.4 is 10.6 Å². The second kappa shape index (κ2) is 17.8. The minimum absolute atomic E-state index is 0.0487. The van der Waals surface area contributed by atoms with E-state index in [1.54, 1.807) is 6.92 Å². The van der Waals surface area contributed by atoms with E-state index < -0.39 is 11.0 Å². The van der Waals surface area contributed by atoms with Crippen LogP contribution in [0.1, 0.15) is 98.3 Å². The first kappa shape index (κ1) is 40.6. The number of amides is 1. The Morgan fingerprint density at radius 3 is 2.51 bits per heavy atom. The highest BCUT2D eigenvalue weighted by Gasteiger charge is 2.60. The number of nitrogens with zero attached hydrogens (tertiary/aromatic N) is 6. The summed E-state index contributed by atoms with van der Waals surface area (Å²) in [5.74, 6) is 3.54. The summed E-state index contributed by atoms with van der Waals surface area (Å²) in [4.78, 5) is 39.5. The van der Waals surface area contributed by atoms with E-state index in [2.05, 4.69) is 51.7 Å². The van der Waals surface area contributed by atoms with E-state index in [-0.39, 0.29) is 46.7 Å².